The molecule has 0 saturated heterocycles. The molecule has 0 aromatic carbocycles. The summed E-state index contributed by atoms with van der Waals surface area (Å²) in [5.74, 6) is 11.8. The molecule has 0 aliphatic heterocycles. The van der Waals surface area contributed by atoms with Crippen LogP contribution in [0, 0.1) is 71.0 Å². The first kappa shape index (κ1) is 27.0. The lowest BCUT2D eigenvalue weighted by atomic mass is 9.64. The summed E-state index contributed by atoms with van der Waals surface area (Å²) in [6.45, 7) is 28.2. The Morgan fingerprint density at radius 3 is 0.759 bits per heavy atom. The molecule has 0 aromatic rings. The van der Waals surface area contributed by atoms with Gasteiger partial charge < -0.3 is 0 Å². The van der Waals surface area contributed by atoms with Crippen LogP contribution in [0.3, 0.4) is 0 Å². The molecule has 3 fully saturated rings. The van der Waals surface area contributed by atoms with Crippen molar-refractivity contribution in [2.24, 2.45) is 71.0 Å². The topological polar surface area (TPSA) is 0 Å². The summed E-state index contributed by atoms with van der Waals surface area (Å²) >= 11 is 0. The average molecular weight is 407 g/mol. The van der Waals surface area contributed by atoms with Gasteiger partial charge in [-0.2, -0.15) is 0 Å². The predicted octanol–water partition coefficient (Wildman–Crippen LogP) is 9.58. The van der Waals surface area contributed by atoms with Crippen molar-refractivity contribution in [3.8, 4) is 0 Å². The highest BCUT2D eigenvalue weighted by molar-refractivity contribution is 4.89. The van der Waals surface area contributed by atoms with Gasteiger partial charge in [-0.05, 0) is 103 Å². The molecule has 0 radical (unpaired) electrons. The van der Waals surface area contributed by atoms with E-state index in [1.807, 2.05) is 0 Å². The Kier molecular flexibility index (Phi) is 11.3. The quantitative estimate of drug-likeness (QED) is 0.412. The minimum Gasteiger partial charge on any atom is -0.0625 e. The van der Waals surface area contributed by atoms with Crippen molar-refractivity contribution in [2.75, 3.05) is 0 Å². The molecule has 3 aliphatic carbocycles. The van der Waals surface area contributed by atoms with Gasteiger partial charge in [-0.1, -0.05) is 83.1 Å². The minimum absolute atomic E-state index is 0.918. The Hall–Kier alpha value is 0. The Balaban J connectivity index is 0.000000218. The van der Waals surface area contributed by atoms with E-state index in [0.717, 1.165) is 71.0 Å². The first-order valence-electron chi connectivity index (χ1n) is 13.4. The zero-order valence-corrected chi connectivity index (χ0v) is 22.5. The van der Waals surface area contributed by atoms with E-state index in [9.17, 15) is 0 Å². The molecule has 174 valence electrons. The third-order valence-electron chi connectivity index (χ3n) is 8.80. The molecule has 29 heavy (non-hydrogen) atoms. The molecule has 0 unspecified atom stereocenters. The SMILES string of the molecule is CC(C)C1CC(C(C)C)C1.CC(C)[C@H]1CC[C@H]1C(C)C.CC(C)[C@H]1C[C@H]1C(C)C. The fourth-order valence-electron chi connectivity index (χ4n) is 5.77. The minimum atomic E-state index is 0.918. The number of hydrogen-bond donors (Lipinski definition) is 0. The number of rotatable bonds is 6. The van der Waals surface area contributed by atoms with E-state index in [4.69, 9.17) is 0 Å². The van der Waals surface area contributed by atoms with Crippen LogP contribution in [-0.4, -0.2) is 0 Å². The third kappa shape index (κ3) is 8.57. The molecule has 0 heteroatoms. The standard InChI is InChI=1S/2C10H20.C9H18/c1-7(2)9-5-10(6-9)8(3)4;1-7(2)9-5-6-10(9)8(3)4;1-6(2)8-5-9(8)7(3)4/h2*7-10H,5-6H2,1-4H3;6-9H,5H2,1-4H3/t;9-,10+;8-,9+. The first-order chi connectivity index (χ1) is 13.4. The van der Waals surface area contributed by atoms with Gasteiger partial charge in [0, 0.05) is 0 Å². The summed E-state index contributed by atoms with van der Waals surface area (Å²) in [5.41, 5.74) is 0. The zero-order chi connectivity index (χ0) is 22.5. The second kappa shape index (κ2) is 12.1. The molecule has 0 nitrogen and oxygen atoms in total. The summed E-state index contributed by atoms with van der Waals surface area (Å²) in [4.78, 5) is 0. The summed E-state index contributed by atoms with van der Waals surface area (Å²) in [5, 5.41) is 0. The van der Waals surface area contributed by atoms with Gasteiger partial charge in [0.1, 0.15) is 0 Å². The monoisotopic (exact) mass is 406 g/mol. The maximum absolute atomic E-state index is 2.36. The van der Waals surface area contributed by atoms with Gasteiger partial charge in [-0.3, -0.25) is 0 Å². The highest BCUT2D eigenvalue weighted by atomic mass is 14.5. The van der Waals surface area contributed by atoms with Crippen LogP contribution < -0.4 is 0 Å². The molecule has 3 saturated carbocycles. The normalized spacial score (nSPS) is 33.3. The summed E-state index contributed by atoms with van der Waals surface area (Å²) in [6.07, 6.45) is 7.46. The average Bonchev–Trinajstić information content (AvgIpc) is 3.23. The molecule has 3 aliphatic rings. The molecule has 0 bridgehead atoms. The fraction of sp³-hybridized carbons (Fsp3) is 1.00. The van der Waals surface area contributed by atoms with E-state index in [0.29, 0.717) is 0 Å². The van der Waals surface area contributed by atoms with E-state index >= 15 is 0 Å². The van der Waals surface area contributed by atoms with Crippen LogP contribution in [0.1, 0.15) is 115 Å². The maximum atomic E-state index is 2.36. The molecule has 0 heterocycles. The van der Waals surface area contributed by atoms with E-state index in [-0.39, 0.29) is 0 Å². The van der Waals surface area contributed by atoms with E-state index in [2.05, 4.69) is 83.1 Å². The molecule has 4 atom stereocenters. The summed E-state index contributed by atoms with van der Waals surface area (Å²) in [6, 6.07) is 0. The van der Waals surface area contributed by atoms with Crippen molar-refractivity contribution in [3.63, 3.8) is 0 Å². The van der Waals surface area contributed by atoms with Crippen LogP contribution >= 0.6 is 0 Å². The van der Waals surface area contributed by atoms with E-state index < -0.39 is 0 Å². The Bertz CT molecular complexity index is 383. The highest BCUT2D eigenvalue weighted by Crippen LogP contribution is 2.48. The molecule has 0 spiro atoms. The van der Waals surface area contributed by atoms with Crippen molar-refractivity contribution in [2.45, 2.75) is 115 Å². The Morgan fingerprint density at radius 2 is 0.621 bits per heavy atom. The van der Waals surface area contributed by atoms with Gasteiger partial charge >= 0.3 is 0 Å². The van der Waals surface area contributed by atoms with E-state index in [1.165, 1.54) is 32.1 Å². The number of hydrogen-bond acceptors (Lipinski definition) is 0. The van der Waals surface area contributed by atoms with Crippen LogP contribution in [0.5, 0.6) is 0 Å². The van der Waals surface area contributed by atoms with Crippen LogP contribution in [0.25, 0.3) is 0 Å². The van der Waals surface area contributed by atoms with Gasteiger partial charge in [-0.25, -0.2) is 0 Å². The van der Waals surface area contributed by atoms with Gasteiger partial charge in [0.25, 0.3) is 0 Å². The molecule has 0 N–H and O–H groups in total. The van der Waals surface area contributed by atoms with Crippen LogP contribution in [-0.2, 0) is 0 Å². The van der Waals surface area contributed by atoms with Crippen molar-refractivity contribution in [3.05, 3.63) is 0 Å². The van der Waals surface area contributed by atoms with Crippen molar-refractivity contribution < 1.29 is 0 Å². The summed E-state index contributed by atoms with van der Waals surface area (Å²) < 4.78 is 0. The molecular weight excluding hydrogens is 348 g/mol. The van der Waals surface area contributed by atoms with Crippen molar-refractivity contribution >= 4 is 0 Å². The van der Waals surface area contributed by atoms with Crippen molar-refractivity contribution in [1.82, 2.24) is 0 Å². The highest BCUT2D eigenvalue weighted by Gasteiger charge is 2.40. The first-order valence-corrected chi connectivity index (χ1v) is 13.4. The molecule has 0 amide bonds. The second-order valence-corrected chi connectivity index (χ2v) is 12.9. The smallest absolute Gasteiger partial charge is 0.0357 e. The van der Waals surface area contributed by atoms with E-state index in [1.54, 1.807) is 0 Å². The Morgan fingerprint density at radius 1 is 0.345 bits per heavy atom. The lowest BCUT2D eigenvalue weighted by Gasteiger charge is -2.42. The largest absolute Gasteiger partial charge is 0.0625 e. The molecule has 3 rings (SSSR count). The molecular formula is C29H58. The van der Waals surface area contributed by atoms with Crippen LogP contribution in [0.2, 0.25) is 0 Å². The van der Waals surface area contributed by atoms with Gasteiger partial charge in [0.15, 0.2) is 0 Å². The van der Waals surface area contributed by atoms with Gasteiger partial charge in [0.2, 0.25) is 0 Å². The lowest BCUT2D eigenvalue weighted by molar-refractivity contribution is 0.0793. The van der Waals surface area contributed by atoms with Crippen LogP contribution in [0.4, 0.5) is 0 Å². The predicted molar refractivity (Wildman–Crippen MR) is 133 cm³/mol. The second-order valence-electron chi connectivity index (χ2n) is 12.9. The Labute approximate surface area is 186 Å². The molecule has 0 aromatic heterocycles. The fourth-order valence-corrected chi connectivity index (χ4v) is 5.77. The maximum Gasteiger partial charge on any atom is -0.0357 e. The van der Waals surface area contributed by atoms with Crippen molar-refractivity contribution in [1.29, 1.82) is 0 Å². The lowest BCUT2D eigenvalue weighted by Crippen LogP contribution is -2.33. The zero-order valence-electron chi connectivity index (χ0n) is 22.5. The van der Waals surface area contributed by atoms with Gasteiger partial charge in [-0.15, -0.1) is 0 Å². The third-order valence-corrected chi connectivity index (χ3v) is 8.80. The summed E-state index contributed by atoms with van der Waals surface area (Å²) in [7, 11) is 0. The van der Waals surface area contributed by atoms with Crippen LogP contribution in [0.15, 0.2) is 0 Å². The van der Waals surface area contributed by atoms with Gasteiger partial charge in [0.05, 0.1) is 0 Å².